The summed E-state index contributed by atoms with van der Waals surface area (Å²) in [5, 5.41) is 12.5. The molecule has 0 aliphatic carbocycles. The highest BCUT2D eigenvalue weighted by molar-refractivity contribution is 5.54. The van der Waals surface area contributed by atoms with E-state index in [1.165, 1.54) is 11.1 Å². The molecule has 0 radical (unpaired) electrons. The molecule has 19 heavy (non-hydrogen) atoms. The van der Waals surface area contributed by atoms with Gasteiger partial charge in [0, 0.05) is 11.7 Å². The van der Waals surface area contributed by atoms with E-state index >= 15 is 0 Å². The molecule has 2 nitrogen and oxygen atoms in total. The molecule has 0 heterocycles. The maximum atomic E-state index is 8.94. The van der Waals surface area contributed by atoms with E-state index in [1.807, 2.05) is 24.3 Å². The minimum atomic E-state index is 0.175. The van der Waals surface area contributed by atoms with Crippen molar-refractivity contribution >= 4 is 5.69 Å². The number of benzene rings is 2. The largest absolute Gasteiger partial charge is 0.378 e. The van der Waals surface area contributed by atoms with Crippen LogP contribution in [0.2, 0.25) is 0 Å². The first kappa shape index (κ1) is 13.2. The first-order chi connectivity index (χ1) is 9.10. The number of hydrogen-bond acceptors (Lipinski definition) is 2. The second-order valence-electron chi connectivity index (χ2n) is 4.92. The normalized spacial score (nSPS) is 11.7. The highest BCUT2D eigenvalue weighted by atomic mass is 14.9. The third-order valence-corrected chi connectivity index (χ3v) is 3.28. The molecule has 0 bridgehead atoms. The van der Waals surface area contributed by atoms with Gasteiger partial charge in [-0.05, 0) is 55.7 Å². The summed E-state index contributed by atoms with van der Waals surface area (Å²) < 4.78 is 0. The Bertz CT molecular complexity index is 623. The molecule has 1 unspecified atom stereocenters. The minimum Gasteiger partial charge on any atom is -0.378 e. The SMILES string of the molecule is Cc1ccc(C)c(NC(C)c2cccc(C#N)c2)c1. The molecule has 2 heteroatoms. The van der Waals surface area contributed by atoms with E-state index < -0.39 is 0 Å². The molecule has 2 aromatic rings. The van der Waals surface area contributed by atoms with Crippen molar-refractivity contribution in [1.29, 1.82) is 5.26 Å². The fourth-order valence-electron chi connectivity index (χ4n) is 2.09. The van der Waals surface area contributed by atoms with E-state index in [2.05, 4.69) is 50.4 Å². The smallest absolute Gasteiger partial charge is 0.0991 e. The molecule has 0 aliphatic rings. The summed E-state index contributed by atoms with van der Waals surface area (Å²) in [6, 6.07) is 16.5. The molecule has 0 amide bonds. The van der Waals surface area contributed by atoms with Crippen molar-refractivity contribution < 1.29 is 0 Å². The molecule has 0 aromatic heterocycles. The van der Waals surface area contributed by atoms with Crippen molar-refractivity contribution in [2.24, 2.45) is 0 Å². The Balaban J connectivity index is 2.23. The molecule has 0 fully saturated rings. The van der Waals surface area contributed by atoms with Crippen molar-refractivity contribution in [1.82, 2.24) is 0 Å². The van der Waals surface area contributed by atoms with Crippen LogP contribution in [0.25, 0.3) is 0 Å². The van der Waals surface area contributed by atoms with Gasteiger partial charge in [-0.1, -0.05) is 24.3 Å². The highest BCUT2D eigenvalue weighted by Gasteiger charge is 2.07. The van der Waals surface area contributed by atoms with Crippen molar-refractivity contribution in [3.63, 3.8) is 0 Å². The van der Waals surface area contributed by atoms with Crippen molar-refractivity contribution in [2.75, 3.05) is 5.32 Å². The fourth-order valence-corrected chi connectivity index (χ4v) is 2.09. The minimum absolute atomic E-state index is 0.175. The summed E-state index contributed by atoms with van der Waals surface area (Å²) in [6.45, 7) is 6.30. The van der Waals surface area contributed by atoms with Gasteiger partial charge in [0.1, 0.15) is 0 Å². The standard InChI is InChI=1S/C17H18N2/c1-12-7-8-13(2)17(9-12)19-14(3)16-6-4-5-15(10-16)11-18/h4-10,14,19H,1-3H3. The first-order valence-electron chi connectivity index (χ1n) is 6.44. The molecule has 0 spiro atoms. The van der Waals surface area contributed by atoms with Gasteiger partial charge in [-0.25, -0.2) is 0 Å². The summed E-state index contributed by atoms with van der Waals surface area (Å²) >= 11 is 0. The Labute approximate surface area is 114 Å². The maximum absolute atomic E-state index is 8.94. The Hall–Kier alpha value is -2.27. The van der Waals surface area contributed by atoms with Gasteiger partial charge >= 0.3 is 0 Å². The fraction of sp³-hybridized carbons (Fsp3) is 0.235. The first-order valence-corrected chi connectivity index (χ1v) is 6.44. The zero-order valence-corrected chi connectivity index (χ0v) is 11.6. The monoisotopic (exact) mass is 250 g/mol. The van der Waals surface area contributed by atoms with Crippen LogP contribution in [0.4, 0.5) is 5.69 Å². The second kappa shape index (κ2) is 5.58. The Morgan fingerprint density at radius 2 is 1.89 bits per heavy atom. The lowest BCUT2D eigenvalue weighted by Crippen LogP contribution is -2.08. The van der Waals surface area contributed by atoms with Gasteiger partial charge in [0.25, 0.3) is 0 Å². The topological polar surface area (TPSA) is 35.8 Å². The van der Waals surface area contributed by atoms with Crippen molar-refractivity contribution in [3.8, 4) is 6.07 Å². The van der Waals surface area contributed by atoms with E-state index in [9.17, 15) is 0 Å². The van der Waals surface area contributed by atoms with Crippen LogP contribution < -0.4 is 5.32 Å². The van der Waals surface area contributed by atoms with E-state index in [0.717, 1.165) is 11.3 Å². The molecule has 0 saturated carbocycles. The molecule has 96 valence electrons. The van der Waals surface area contributed by atoms with E-state index in [-0.39, 0.29) is 6.04 Å². The molecule has 0 saturated heterocycles. The van der Waals surface area contributed by atoms with Crippen molar-refractivity contribution in [2.45, 2.75) is 26.8 Å². The highest BCUT2D eigenvalue weighted by Crippen LogP contribution is 2.23. The predicted molar refractivity (Wildman–Crippen MR) is 79.1 cm³/mol. The zero-order chi connectivity index (χ0) is 13.8. The van der Waals surface area contributed by atoms with Gasteiger partial charge in [0.15, 0.2) is 0 Å². The summed E-state index contributed by atoms with van der Waals surface area (Å²) in [4.78, 5) is 0. The van der Waals surface area contributed by atoms with Gasteiger partial charge in [0.05, 0.1) is 11.6 Å². The molecule has 1 N–H and O–H groups in total. The number of nitriles is 1. The Morgan fingerprint density at radius 3 is 2.63 bits per heavy atom. The lowest BCUT2D eigenvalue weighted by Gasteiger charge is -2.18. The Kier molecular flexibility index (Phi) is 3.87. The van der Waals surface area contributed by atoms with Gasteiger partial charge in [-0.15, -0.1) is 0 Å². The average molecular weight is 250 g/mol. The number of nitrogens with one attached hydrogen (secondary N) is 1. The van der Waals surface area contributed by atoms with Crippen LogP contribution >= 0.6 is 0 Å². The van der Waals surface area contributed by atoms with E-state index in [4.69, 9.17) is 5.26 Å². The summed E-state index contributed by atoms with van der Waals surface area (Å²) in [5.74, 6) is 0. The van der Waals surface area contributed by atoms with Gasteiger partial charge in [-0.2, -0.15) is 5.26 Å². The lowest BCUT2D eigenvalue weighted by molar-refractivity contribution is 0.881. The third-order valence-electron chi connectivity index (χ3n) is 3.28. The zero-order valence-electron chi connectivity index (χ0n) is 11.6. The molecule has 1 atom stereocenters. The summed E-state index contributed by atoms with van der Waals surface area (Å²) in [6.07, 6.45) is 0. The Morgan fingerprint density at radius 1 is 1.11 bits per heavy atom. The van der Waals surface area contributed by atoms with Gasteiger partial charge in [0.2, 0.25) is 0 Å². The van der Waals surface area contributed by atoms with E-state index in [1.54, 1.807) is 0 Å². The molecular weight excluding hydrogens is 232 g/mol. The molecule has 0 aliphatic heterocycles. The lowest BCUT2D eigenvalue weighted by atomic mass is 10.0. The van der Waals surface area contributed by atoms with Crippen molar-refractivity contribution in [3.05, 3.63) is 64.7 Å². The van der Waals surface area contributed by atoms with Crippen LogP contribution in [-0.4, -0.2) is 0 Å². The van der Waals surface area contributed by atoms with Crippen LogP contribution in [0.5, 0.6) is 0 Å². The third kappa shape index (κ3) is 3.14. The van der Waals surface area contributed by atoms with Crippen LogP contribution in [0, 0.1) is 25.2 Å². The van der Waals surface area contributed by atoms with E-state index in [0.29, 0.717) is 5.56 Å². The number of anilines is 1. The number of rotatable bonds is 3. The summed E-state index contributed by atoms with van der Waals surface area (Å²) in [7, 11) is 0. The quantitative estimate of drug-likeness (QED) is 0.879. The van der Waals surface area contributed by atoms with Crippen LogP contribution in [0.15, 0.2) is 42.5 Å². The van der Waals surface area contributed by atoms with Crippen LogP contribution in [0.1, 0.15) is 35.2 Å². The van der Waals surface area contributed by atoms with Crippen LogP contribution in [0.3, 0.4) is 0 Å². The van der Waals surface area contributed by atoms with Gasteiger partial charge in [-0.3, -0.25) is 0 Å². The number of nitrogens with zero attached hydrogens (tertiary/aromatic N) is 1. The second-order valence-corrected chi connectivity index (χ2v) is 4.92. The molecule has 2 rings (SSSR count). The summed E-state index contributed by atoms with van der Waals surface area (Å²) in [5.41, 5.74) is 5.45. The number of hydrogen-bond donors (Lipinski definition) is 1. The molecular formula is C17H18N2. The maximum Gasteiger partial charge on any atom is 0.0991 e. The molecule has 2 aromatic carbocycles. The number of aryl methyl sites for hydroxylation is 2. The average Bonchev–Trinajstić information content (AvgIpc) is 2.43. The van der Waals surface area contributed by atoms with Crippen LogP contribution in [-0.2, 0) is 0 Å². The van der Waals surface area contributed by atoms with Gasteiger partial charge < -0.3 is 5.32 Å². The predicted octanol–water partition coefficient (Wildman–Crippen LogP) is 4.35.